The second-order valence-corrected chi connectivity index (χ2v) is 1.72. The number of aliphatic carboxylic acids is 1. The molecule has 0 rings (SSSR count). The van der Waals surface area contributed by atoms with Crippen molar-refractivity contribution < 1.29 is 19.1 Å². The molecule has 78 valence electrons. The van der Waals surface area contributed by atoms with Crippen LogP contribution in [0.4, 0.5) is 4.39 Å². The van der Waals surface area contributed by atoms with Crippen molar-refractivity contribution in [3.8, 4) is 6.07 Å². The summed E-state index contributed by atoms with van der Waals surface area (Å²) >= 11 is 0. The quantitative estimate of drug-likeness (QED) is 0.333. The highest BCUT2D eigenvalue weighted by Gasteiger charge is 2.00. The molecule has 0 saturated carbocycles. The third kappa shape index (κ3) is 12.5. The Labute approximate surface area is 79.1 Å². The Bertz CT molecular complexity index is 267. The number of amidine groups is 1. The van der Waals surface area contributed by atoms with Crippen molar-refractivity contribution in [1.82, 2.24) is 0 Å². The van der Waals surface area contributed by atoms with Gasteiger partial charge < -0.3 is 15.7 Å². The fraction of sp³-hybridized carbons (Fsp3) is 0.333. The number of halogens is 1. The molecule has 0 aliphatic carbocycles. The second kappa shape index (κ2) is 8.92. The van der Waals surface area contributed by atoms with Gasteiger partial charge in [0.15, 0.2) is 5.84 Å². The monoisotopic (exact) mass is 204 g/mol. The van der Waals surface area contributed by atoms with Crippen molar-refractivity contribution >= 4 is 17.5 Å². The summed E-state index contributed by atoms with van der Waals surface area (Å²) in [6.45, 7) is -0.0571. The Morgan fingerprint density at radius 2 is 2.29 bits per heavy atom. The smallest absolute Gasteiger partial charge is 0.300 e. The van der Waals surface area contributed by atoms with Gasteiger partial charge in [0.1, 0.15) is 6.07 Å². The summed E-state index contributed by atoms with van der Waals surface area (Å²) in [5.41, 5.74) is 4.38. The third-order valence-electron chi connectivity index (χ3n) is 0.566. The van der Waals surface area contributed by atoms with Crippen LogP contribution in [0.25, 0.3) is 0 Å². The van der Waals surface area contributed by atoms with Crippen molar-refractivity contribution in [2.45, 2.75) is 6.92 Å². The number of carboxylic acid groups (broad SMARTS) is 1. The van der Waals surface area contributed by atoms with Crippen molar-refractivity contribution in [1.29, 1.82) is 10.7 Å². The first kappa shape index (κ1) is 14.4. The number of rotatable bonds is 3. The standard InChI is InChI=1S/C4H5FN4O.C2H4O2/c5-2-10-9-3(1-6)4(7)8;1-2(3)4/h2H2,(H3,7,8);1H3,(H,3,4)/b9-3-;. The number of oxime groups is 1. The van der Waals surface area contributed by atoms with E-state index in [1.165, 1.54) is 6.07 Å². The predicted octanol–water partition coefficient (Wildman–Crippen LogP) is -0.164. The number of nitriles is 1. The van der Waals surface area contributed by atoms with E-state index in [9.17, 15) is 4.39 Å². The number of nitrogens with one attached hydrogen (secondary N) is 1. The van der Waals surface area contributed by atoms with Crippen molar-refractivity contribution in [2.75, 3.05) is 6.86 Å². The molecule has 0 aromatic heterocycles. The largest absolute Gasteiger partial charge is 0.481 e. The molecule has 14 heavy (non-hydrogen) atoms. The molecule has 0 spiro atoms. The lowest BCUT2D eigenvalue weighted by atomic mass is 10.4. The molecule has 0 saturated heterocycles. The summed E-state index contributed by atoms with van der Waals surface area (Å²) in [5, 5.41) is 25.1. The summed E-state index contributed by atoms with van der Waals surface area (Å²) in [6, 6.07) is 1.45. The molecule has 7 nitrogen and oxygen atoms in total. The lowest BCUT2D eigenvalue weighted by Crippen LogP contribution is -2.21. The molecular formula is C6H9FN4O3. The van der Waals surface area contributed by atoms with Gasteiger partial charge in [0.2, 0.25) is 5.71 Å². The molecule has 4 N–H and O–H groups in total. The predicted molar refractivity (Wildman–Crippen MR) is 45.3 cm³/mol. The SMILES string of the molecule is CC(=O)O.N#C/C(=N/OCF)C(=N)N. The zero-order valence-electron chi connectivity index (χ0n) is 7.32. The molecule has 0 fully saturated rings. The van der Waals surface area contributed by atoms with Crippen LogP contribution in [-0.4, -0.2) is 29.5 Å². The molecule has 0 amide bonds. The Morgan fingerprint density at radius 1 is 1.86 bits per heavy atom. The van der Waals surface area contributed by atoms with E-state index in [-0.39, 0.29) is 0 Å². The van der Waals surface area contributed by atoms with Gasteiger partial charge in [-0.2, -0.15) is 5.26 Å². The summed E-state index contributed by atoms with van der Waals surface area (Å²) < 4.78 is 11.2. The van der Waals surface area contributed by atoms with E-state index < -0.39 is 24.4 Å². The maximum atomic E-state index is 11.2. The lowest BCUT2D eigenvalue weighted by Gasteiger charge is -1.91. The van der Waals surface area contributed by atoms with Crippen LogP contribution in [0.3, 0.4) is 0 Å². The lowest BCUT2D eigenvalue weighted by molar-refractivity contribution is -0.134. The van der Waals surface area contributed by atoms with Crippen LogP contribution in [0.2, 0.25) is 0 Å². The first-order chi connectivity index (χ1) is 6.45. The first-order valence-electron chi connectivity index (χ1n) is 3.15. The summed E-state index contributed by atoms with van der Waals surface area (Å²) in [4.78, 5) is 12.8. The number of carbonyl (C=O) groups is 1. The van der Waals surface area contributed by atoms with Gasteiger partial charge >= 0.3 is 0 Å². The van der Waals surface area contributed by atoms with Crippen molar-refractivity contribution in [3.05, 3.63) is 0 Å². The van der Waals surface area contributed by atoms with Gasteiger partial charge in [0, 0.05) is 6.92 Å². The number of nitrogens with zero attached hydrogens (tertiary/aromatic N) is 2. The molecule has 0 radical (unpaired) electrons. The molecular weight excluding hydrogens is 195 g/mol. The number of hydrogen-bond donors (Lipinski definition) is 3. The molecule has 0 unspecified atom stereocenters. The fourth-order valence-electron chi connectivity index (χ4n) is 0.219. The Hall–Kier alpha value is -2.17. The van der Waals surface area contributed by atoms with Crippen LogP contribution in [-0.2, 0) is 9.63 Å². The van der Waals surface area contributed by atoms with Gasteiger partial charge in [-0.1, -0.05) is 5.16 Å². The topological polar surface area (TPSA) is 133 Å². The molecule has 0 aromatic carbocycles. The zero-order chi connectivity index (χ0) is 11.6. The van der Waals surface area contributed by atoms with E-state index in [0.29, 0.717) is 0 Å². The summed E-state index contributed by atoms with van der Waals surface area (Å²) in [7, 11) is 0. The van der Waals surface area contributed by atoms with Gasteiger partial charge in [-0.05, 0) is 0 Å². The van der Waals surface area contributed by atoms with E-state index in [1.54, 1.807) is 0 Å². The van der Waals surface area contributed by atoms with Crippen LogP contribution in [0, 0.1) is 16.7 Å². The van der Waals surface area contributed by atoms with Gasteiger partial charge in [-0.3, -0.25) is 10.2 Å². The number of hydrogen-bond acceptors (Lipinski definition) is 5. The second-order valence-electron chi connectivity index (χ2n) is 1.72. The zero-order valence-corrected chi connectivity index (χ0v) is 7.32. The average molecular weight is 204 g/mol. The molecule has 0 aliphatic rings. The highest BCUT2D eigenvalue weighted by atomic mass is 19.1. The van der Waals surface area contributed by atoms with Gasteiger partial charge in [0.05, 0.1) is 0 Å². The molecule has 0 bridgehead atoms. The minimum absolute atomic E-state index is 0.433. The number of carboxylic acids is 1. The van der Waals surface area contributed by atoms with Gasteiger partial charge in [-0.15, -0.1) is 0 Å². The molecule has 8 heteroatoms. The normalized spacial score (nSPS) is 9.07. The van der Waals surface area contributed by atoms with E-state index in [2.05, 4.69) is 9.99 Å². The van der Waals surface area contributed by atoms with Gasteiger partial charge in [-0.25, -0.2) is 4.39 Å². The Morgan fingerprint density at radius 3 is 2.50 bits per heavy atom. The maximum absolute atomic E-state index is 11.2. The molecule has 0 aromatic rings. The van der Waals surface area contributed by atoms with Crippen molar-refractivity contribution in [2.24, 2.45) is 10.9 Å². The summed E-state index contributed by atoms with van der Waals surface area (Å²) in [6.07, 6.45) is 0. The Balaban J connectivity index is 0. The maximum Gasteiger partial charge on any atom is 0.300 e. The van der Waals surface area contributed by atoms with Crippen LogP contribution in [0.1, 0.15) is 6.92 Å². The average Bonchev–Trinajstić information content (AvgIpc) is 2.04. The van der Waals surface area contributed by atoms with Crippen LogP contribution < -0.4 is 5.73 Å². The molecule has 0 heterocycles. The third-order valence-corrected chi connectivity index (χ3v) is 0.566. The highest BCUT2D eigenvalue weighted by molar-refractivity contribution is 6.45. The van der Waals surface area contributed by atoms with Crippen molar-refractivity contribution in [3.63, 3.8) is 0 Å². The highest BCUT2D eigenvalue weighted by Crippen LogP contribution is 1.80. The summed E-state index contributed by atoms with van der Waals surface area (Å²) in [5.74, 6) is -1.38. The van der Waals surface area contributed by atoms with E-state index in [1.807, 2.05) is 0 Å². The number of nitrogens with two attached hydrogens (primary N) is 1. The van der Waals surface area contributed by atoms with E-state index in [0.717, 1.165) is 6.92 Å². The van der Waals surface area contributed by atoms with E-state index >= 15 is 0 Å². The first-order valence-corrected chi connectivity index (χ1v) is 3.15. The van der Waals surface area contributed by atoms with Crippen LogP contribution >= 0.6 is 0 Å². The van der Waals surface area contributed by atoms with Crippen LogP contribution in [0.5, 0.6) is 0 Å². The molecule has 0 aliphatic heterocycles. The van der Waals surface area contributed by atoms with E-state index in [4.69, 9.17) is 26.3 Å². The Kier molecular flexibility index (Phi) is 9.15. The minimum Gasteiger partial charge on any atom is -0.481 e. The van der Waals surface area contributed by atoms with Crippen LogP contribution in [0.15, 0.2) is 5.16 Å². The minimum atomic E-state index is -1.14. The molecule has 0 atom stereocenters. The number of alkyl halides is 1. The fourth-order valence-corrected chi connectivity index (χ4v) is 0.219. The van der Waals surface area contributed by atoms with Gasteiger partial charge in [0.25, 0.3) is 12.8 Å².